The summed E-state index contributed by atoms with van der Waals surface area (Å²) in [5, 5.41) is 3.44. The van der Waals surface area contributed by atoms with E-state index in [0.29, 0.717) is 5.92 Å². The molecule has 0 radical (unpaired) electrons. The predicted molar refractivity (Wildman–Crippen MR) is 86.8 cm³/mol. The Morgan fingerprint density at radius 2 is 2.29 bits per heavy atom. The molecule has 1 atom stereocenters. The molecule has 0 aromatic heterocycles. The summed E-state index contributed by atoms with van der Waals surface area (Å²) in [7, 11) is 1.72. The van der Waals surface area contributed by atoms with Gasteiger partial charge in [-0.25, -0.2) is 4.39 Å². The molecule has 1 aliphatic heterocycles. The van der Waals surface area contributed by atoms with Crippen LogP contribution in [0.4, 0.5) is 4.39 Å². The van der Waals surface area contributed by atoms with Crippen LogP contribution < -0.4 is 5.32 Å². The zero-order valence-electron chi connectivity index (χ0n) is 12.6. The molecule has 1 fully saturated rings. The number of ether oxygens (including phenoxy) is 1. The van der Waals surface area contributed by atoms with Gasteiger partial charge in [0.2, 0.25) is 0 Å². The highest BCUT2D eigenvalue weighted by Crippen LogP contribution is 2.20. The highest BCUT2D eigenvalue weighted by Gasteiger charge is 2.19. The van der Waals surface area contributed by atoms with Crippen molar-refractivity contribution in [2.45, 2.75) is 19.4 Å². The fraction of sp³-hybridized carbons (Fsp3) is 0.625. The van der Waals surface area contributed by atoms with Gasteiger partial charge in [0.05, 0.1) is 6.61 Å². The summed E-state index contributed by atoms with van der Waals surface area (Å²) in [6.07, 6.45) is 2.48. The van der Waals surface area contributed by atoms with Gasteiger partial charge in [-0.1, -0.05) is 15.9 Å². The molecular formula is C16H24BrFN2O. The van der Waals surface area contributed by atoms with Crippen molar-refractivity contribution in [3.05, 3.63) is 34.1 Å². The molecule has 0 aliphatic carbocycles. The maximum Gasteiger partial charge on any atom is 0.124 e. The Kier molecular flexibility index (Phi) is 7.10. The summed E-state index contributed by atoms with van der Waals surface area (Å²) in [5.41, 5.74) is 1.04. The normalized spacial score (nSPS) is 19.9. The van der Waals surface area contributed by atoms with Gasteiger partial charge in [-0.05, 0) is 55.6 Å². The van der Waals surface area contributed by atoms with Gasteiger partial charge in [0.1, 0.15) is 5.82 Å². The van der Waals surface area contributed by atoms with Crippen LogP contribution in [0.25, 0.3) is 0 Å². The molecule has 0 spiro atoms. The molecule has 0 saturated carbocycles. The van der Waals surface area contributed by atoms with Crippen LogP contribution in [0, 0.1) is 11.7 Å². The molecule has 118 valence electrons. The topological polar surface area (TPSA) is 24.5 Å². The van der Waals surface area contributed by atoms with Crippen molar-refractivity contribution in [2.24, 2.45) is 5.92 Å². The minimum atomic E-state index is -0.172. The Morgan fingerprint density at radius 1 is 1.43 bits per heavy atom. The van der Waals surface area contributed by atoms with Crippen molar-refractivity contribution in [3.8, 4) is 0 Å². The second-order valence-electron chi connectivity index (χ2n) is 5.72. The smallest absolute Gasteiger partial charge is 0.124 e. The lowest BCUT2D eigenvalue weighted by molar-refractivity contribution is 0.159. The number of methoxy groups -OCH3 is 1. The largest absolute Gasteiger partial charge is 0.383 e. The molecule has 0 bridgehead atoms. The number of likely N-dealkylation sites (tertiary alicyclic amines) is 1. The number of rotatable bonds is 7. The van der Waals surface area contributed by atoms with E-state index in [0.717, 1.165) is 49.4 Å². The number of benzene rings is 1. The van der Waals surface area contributed by atoms with Crippen LogP contribution in [0.3, 0.4) is 0 Å². The van der Waals surface area contributed by atoms with Gasteiger partial charge < -0.3 is 10.1 Å². The molecule has 1 N–H and O–H groups in total. The molecule has 3 nitrogen and oxygen atoms in total. The highest BCUT2D eigenvalue weighted by atomic mass is 79.9. The quantitative estimate of drug-likeness (QED) is 0.758. The van der Waals surface area contributed by atoms with E-state index in [2.05, 4.69) is 26.1 Å². The highest BCUT2D eigenvalue weighted by molar-refractivity contribution is 9.10. The lowest BCUT2D eigenvalue weighted by atomic mass is 9.97. The van der Waals surface area contributed by atoms with Crippen LogP contribution in [0.5, 0.6) is 0 Å². The summed E-state index contributed by atoms with van der Waals surface area (Å²) in [4.78, 5) is 2.42. The van der Waals surface area contributed by atoms with E-state index in [4.69, 9.17) is 4.74 Å². The maximum atomic E-state index is 13.4. The fourth-order valence-electron chi connectivity index (χ4n) is 2.90. The number of piperidine rings is 1. The van der Waals surface area contributed by atoms with E-state index in [1.165, 1.54) is 18.9 Å². The van der Waals surface area contributed by atoms with E-state index < -0.39 is 0 Å². The van der Waals surface area contributed by atoms with Gasteiger partial charge in [-0.15, -0.1) is 0 Å². The van der Waals surface area contributed by atoms with E-state index >= 15 is 0 Å². The number of nitrogens with one attached hydrogen (secondary N) is 1. The summed E-state index contributed by atoms with van der Waals surface area (Å²) >= 11 is 3.36. The predicted octanol–water partition coefficient (Wildman–Crippen LogP) is 3.04. The van der Waals surface area contributed by atoms with Crippen LogP contribution in [0.1, 0.15) is 18.4 Å². The Balaban J connectivity index is 1.80. The zero-order chi connectivity index (χ0) is 15.1. The lowest BCUT2D eigenvalue weighted by Crippen LogP contribution is -2.39. The first kappa shape index (κ1) is 16.9. The van der Waals surface area contributed by atoms with Crippen LogP contribution in [0.15, 0.2) is 22.7 Å². The second-order valence-corrected chi connectivity index (χ2v) is 6.63. The Morgan fingerprint density at radius 3 is 3.05 bits per heavy atom. The van der Waals surface area contributed by atoms with Gasteiger partial charge >= 0.3 is 0 Å². The molecule has 5 heteroatoms. The van der Waals surface area contributed by atoms with E-state index in [-0.39, 0.29) is 5.82 Å². The van der Waals surface area contributed by atoms with Crippen molar-refractivity contribution in [1.29, 1.82) is 0 Å². The SMILES string of the molecule is COCCNCC1CCCN(Cc2cc(F)cc(Br)c2)C1. The average Bonchev–Trinajstić information content (AvgIpc) is 2.43. The third-order valence-electron chi connectivity index (χ3n) is 3.85. The van der Waals surface area contributed by atoms with E-state index in [9.17, 15) is 4.39 Å². The van der Waals surface area contributed by atoms with Crippen LogP contribution in [0.2, 0.25) is 0 Å². The van der Waals surface area contributed by atoms with Crippen molar-refractivity contribution in [2.75, 3.05) is 39.9 Å². The van der Waals surface area contributed by atoms with Crippen molar-refractivity contribution >= 4 is 15.9 Å². The van der Waals surface area contributed by atoms with Gasteiger partial charge in [0.15, 0.2) is 0 Å². The van der Waals surface area contributed by atoms with Crippen LogP contribution >= 0.6 is 15.9 Å². The first-order chi connectivity index (χ1) is 10.2. The molecule has 21 heavy (non-hydrogen) atoms. The summed E-state index contributed by atoms with van der Waals surface area (Å²) in [6.45, 7) is 5.70. The van der Waals surface area contributed by atoms with Crippen molar-refractivity contribution in [1.82, 2.24) is 10.2 Å². The van der Waals surface area contributed by atoms with Crippen molar-refractivity contribution < 1.29 is 9.13 Å². The summed E-state index contributed by atoms with van der Waals surface area (Å²) in [5.74, 6) is 0.502. The number of hydrogen-bond donors (Lipinski definition) is 1. The van der Waals surface area contributed by atoms with Crippen LogP contribution in [-0.4, -0.2) is 44.8 Å². The Labute approximate surface area is 135 Å². The molecule has 1 saturated heterocycles. The molecule has 1 aromatic rings. The summed E-state index contributed by atoms with van der Waals surface area (Å²) in [6, 6.07) is 5.14. The first-order valence-corrected chi connectivity index (χ1v) is 8.33. The molecular weight excluding hydrogens is 335 g/mol. The second kappa shape index (κ2) is 8.83. The van der Waals surface area contributed by atoms with Gasteiger partial charge in [-0.3, -0.25) is 4.90 Å². The minimum absolute atomic E-state index is 0.172. The third kappa shape index (κ3) is 6.02. The monoisotopic (exact) mass is 358 g/mol. The molecule has 0 amide bonds. The van der Waals surface area contributed by atoms with Gasteiger partial charge in [0.25, 0.3) is 0 Å². The number of nitrogens with zero attached hydrogens (tertiary/aromatic N) is 1. The Bertz CT molecular complexity index is 424. The number of halogens is 2. The lowest BCUT2D eigenvalue weighted by Gasteiger charge is -2.33. The Hall–Kier alpha value is -0.490. The standard InChI is InChI=1S/C16H24BrFN2O/c1-21-6-4-19-10-13-3-2-5-20(11-13)12-14-7-15(17)9-16(18)8-14/h7-9,13,19H,2-6,10-12H2,1H3. The molecule has 1 unspecified atom stereocenters. The molecule has 2 rings (SSSR count). The van der Waals surface area contributed by atoms with E-state index in [1.807, 2.05) is 6.07 Å². The molecule has 1 aromatic carbocycles. The van der Waals surface area contributed by atoms with Gasteiger partial charge in [-0.2, -0.15) is 0 Å². The molecule has 1 aliphatic rings. The fourth-order valence-corrected chi connectivity index (χ4v) is 3.42. The van der Waals surface area contributed by atoms with Gasteiger partial charge in [0, 0.05) is 31.2 Å². The van der Waals surface area contributed by atoms with Crippen LogP contribution in [-0.2, 0) is 11.3 Å². The molecule has 1 heterocycles. The average molecular weight is 359 g/mol. The zero-order valence-corrected chi connectivity index (χ0v) is 14.2. The summed E-state index contributed by atoms with van der Waals surface area (Å²) < 4.78 is 19.3. The first-order valence-electron chi connectivity index (χ1n) is 7.54. The van der Waals surface area contributed by atoms with Crippen molar-refractivity contribution in [3.63, 3.8) is 0 Å². The number of hydrogen-bond acceptors (Lipinski definition) is 3. The maximum absolute atomic E-state index is 13.4. The minimum Gasteiger partial charge on any atom is -0.383 e. The van der Waals surface area contributed by atoms with E-state index in [1.54, 1.807) is 13.2 Å². The third-order valence-corrected chi connectivity index (χ3v) is 4.31.